The molecule has 0 atom stereocenters. The zero-order chi connectivity index (χ0) is 11.6. The number of halogens is 4. The first-order chi connectivity index (χ1) is 6.91. The van der Waals surface area contributed by atoms with Crippen molar-refractivity contribution < 1.29 is 13.9 Å². The highest BCUT2D eigenvalue weighted by molar-refractivity contribution is 9.11. The zero-order valence-corrected chi connectivity index (χ0v) is 11.9. The molecule has 0 aliphatic rings. The normalized spacial score (nSPS) is 9.87. The van der Waals surface area contributed by atoms with E-state index < -0.39 is 11.8 Å². The smallest absolute Gasteiger partial charge is 0.372 e. The highest BCUT2D eigenvalue weighted by atomic mass is 79.9. The summed E-state index contributed by atoms with van der Waals surface area (Å²) in [7, 11) is 0. The lowest BCUT2D eigenvalue weighted by atomic mass is 10.3. The molecule has 15 heavy (non-hydrogen) atoms. The van der Waals surface area contributed by atoms with Crippen LogP contribution in [0.1, 0.15) is 0 Å². The molecule has 0 aliphatic carbocycles. The van der Waals surface area contributed by atoms with Crippen molar-refractivity contribution in [3.63, 3.8) is 0 Å². The Bertz CT molecular complexity index is 408. The monoisotopic (exact) mass is 400 g/mol. The lowest BCUT2D eigenvalue weighted by Gasteiger charge is -2.07. The van der Waals surface area contributed by atoms with Crippen molar-refractivity contribution in [3.8, 4) is 5.75 Å². The Morgan fingerprint density at radius 1 is 1.27 bits per heavy atom. The highest BCUT2D eigenvalue weighted by Gasteiger charge is 2.15. The van der Waals surface area contributed by atoms with Crippen LogP contribution in [0.4, 0.5) is 4.39 Å². The largest absolute Gasteiger partial charge is 0.419 e. The molecule has 0 N–H and O–H groups in total. The first-order valence-electron chi connectivity index (χ1n) is 3.63. The Labute approximate surface area is 111 Å². The van der Waals surface area contributed by atoms with Crippen LogP contribution in [0, 0.1) is 0 Å². The molecule has 0 aliphatic heterocycles. The van der Waals surface area contributed by atoms with Gasteiger partial charge in [0.05, 0.1) is 8.95 Å². The van der Waals surface area contributed by atoms with Crippen molar-refractivity contribution in [1.29, 1.82) is 0 Å². The number of hydrogen-bond acceptors (Lipinski definition) is 2. The average Bonchev–Trinajstić information content (AvgIpc) is 2.10. The van der Waals surface area contributed by atoms with E-state index in [0.717, 1.165) is 4.47 Å². The van der Waals surface area contributed by atoms with Gasteiger partial charge in [-0.2, -0.15) is 4.39 Å². The molecule has 80 valence electrons. The summed E-state index contributed by atoms with van der Waals surface area (Å²) >= 11 is 9.62. The fourth-order valence-corrected chi connectivity index (χ4v) is 3.20. The molecule has 1 aromatic carbocycles. The highest BCUT2D eigenvalue weighted by Crippen LogP contribution is 2.36. The zero-order valence-electron chi connectivity index (χ0n) is 7.19. The molecule has 0 spiro atoms. The summed E-state index contributed by atoms with van der Waals surface area (Å²) in [6, 6.07) is 3.35. The van der Waals surface area contributed by atoms with E-state index in [0.29, 0.717) is 8.95 Å². The van der Waals surface area contributed by atoms with Crippen LogP contribution in [0.15, 0.2) is 38.0 Å². The molecule has 1 aromatic rings. The van der Waals surface area contributed by atoms with E-state index >= 15 is 0 Å². The predicted molar refractivity (Wildman–Crippen MR) is 65.4 cm³/mol. The fourth-order valence-electron chi connectivity index (χ4n) is 0.775. The molecule has 0 unspecified atom stereocenters. The van der Waals surface area contributed by atoms with Crippen molar-refractivity contribution in [1.82, 2.24) is 0 Å². The lowest BCUT2D eigenvalue weighted by molar-refractivity contribution is -0.131. The number of benzene rings is 1. The molecule has 6 heteroatoms. The van der Waals surface area contributed by atoms with E-state index in [1.54, 1.807) is 12.1 Å². The number of esters is 1. The minimum absolute atomic E-state index is 0.210. The Balaban J connectivity index is 3.05. The van der Waals surface area contributed by atoms with Gasteiger partial charge in [-0.05, 0) is 44.0 Å². The molecular formula is C9H4Br3FO2. The number of hydrogen-bond donors (Lipinski definition) is 0. The molecule has 0 aromatic heterocycles. The first-order valence-corrected chi connectivity index (χ1v) is 6.01. The minimum Gasteiger partial charge on any atom is -0.419 e. The molecule has 0 fully saturated rings. The molecule has 0 amide bonds. The van der Waals surface area contributed by atoms with E-state index in [1.165, 1.54) is 0 Å². The third-order valence-electron chi connectivity index (χ3n) is 1.38. The maximum Gasteiger partial charge on any atom is 0.372 e. The maximum atomic E-state index is 12.4. The quantitative estimate of drug-likeness (QED) is 0.417. The van der Waals surface area contributed by atoms with Crippen molar-refractivity contribution in [3.05, 3.63) is 38.0 Å². The van der Waals surface area contributed by atoms with E-state index in [2.05, 4.69) is 54.4 Å². The third-order valence-corrected chi connectivity index (χ3v) is 3.02. The van der Waals surface area contributed by atoms with Crippen LogP contribution in [-0.2, 0) is 4.79 Å². The van der Waals surface area contributed by atoms with Gasteiger partial charge in [0.25, 0.3) is 0 Å². The topological polar surface area (TPSA) is 26.3 Å². The van der Waals surface area contributed by atoms with E-state index in [4.69, 9.17) is 4.74 Å². The van der Waals surface area contributed by atoms with E-state index in [1.807, 2.05) is 0 Å². The number of rotatable bonds is 2. The van der Waals surface area contributed by atoms with Gasteiger partial charge in [-0.3, -0.25) is 0 Å². The van der Waals surface area contributed by atoms with Gasteiger partial charge in [0.2, 0.25) is 5.83 Å². The maximum absolute atomic E-state index is 12.4. The first kappa shape index (κ1) is 12.9. The van der Waals surface area contributed by atoms with Crippen LogP contribution in [-0.4, -0.2) is 5.97 Å². The van der Waals surface area contributed by atoms with Crippen molar-refractivity contribution in [2.45, 2.75) is 0 Å². The Hall–Kier alpha value is -0.200. The summed E-state index contributed by atoms with van der Waals surface area (Å²) in [5.74, 6) is -2.04. The number of carbonyl (C=O) groups is 1. The molecule has 2 nitrogen and oxygen atoms in total. The van der Waals surface area contributed by atoms with Crippen LogP contribution < -0.4 is 4.74 Å². The SMILES string of the molecule is C=C(F)C(=O)Oc1c(Br)cc(Br)cc1Br. The van der Waals surface area contributed by atoms with E-state index in [-0.39, 0.29) is 5.75 Å². The van der Waals surface area contributed by atoms with Gasteiger partial charge in [0.15, 0.2) is 5.75 Å². The summed E-state index contributed by atoms with van der Waals surface area (Å²) < 4.78 is 19.0. The minimum atomic E-state index is -1.14. The molecule has 1 rings (SSSR count). The molecule has 0 saturated carbocycles. The standard InChI is InChI=1S/C9H4Br3FO2/c1-4(13)9(14)15-8-6(11)2-5(10)3-7(8)12/h2-3H,1H2. The van der Waals surface area contributed by atoms with Gasteiger partial charge in [0, 0.05) is 4.47 Å². The molecule has 0 bridgehead atoms. The molecule has 0 radical (unpaired) electrons. The van der Waals surface area contributed by atoms with Crippen LogP contribution >= 0.6 is 47.8 Å². The average molecular weight is 403 g/mol. The summed E-state index contributed by atoms with van der Waals surface area (Å²) in [5, 5.41) is 0. The van der Waals surface area contributed by atoms with Crippen LogP contribution in [0.3, 0.4) is 0 Å². The Morgan fingerprint density at radius 2 is 1.73 bits per heavy atom. The lowest BCUT2D eigenvalue weighted by Crippen LogP contribution is -2.08. The number of ether oxygens (including phenoxy) is 1. The summed E-state index contributed by atoms with van der Waals surface area (Å²) in [4.78, 5) is 11.0. The Morgan fingerprint density at radius 3 is 2.13 bits per heavy atom. The summed E-state index contributed by atoms with van der Waals surface area (Å²) in [5.41, 5.74) is 0. The van der Waals surface area contributed by atoms with Crippen LogP contribution in [0.2, 0.25) is 0 Å². The predicted octanol–water partition coefficient (Wildman–Crippen LogP) is 4.36. The van der Waals surface area contributed by atoms with E-state index in [9.17, 15) is 9.18 Å². The van der Waals surface area contributed by atoms with Crippen molar-refractivity contribution >= 4 is 53.8 Å². The second kappa shape index (κ2) is 5.23. The van der Waals surface area contributed by atoms with Crippen molar-refractivity contribution in [2.75, 3.05) is 0 Å². The second-order valence-corrected chi connectivity index (χ2v) is 5.12. The van der Waals surface area contributed by atoms with Crippen LogP contribution in [0.5, 0.6) is 5.75 Å². The fraction of sp³-hybridized carbons (Fsp3) is 0. The second-order valence-electron chi connectivity index (χ2n) is 2.49. The van der Waals surface area contributed by atoms with Crippen LogP contribution in [0.25, 0.3) is 0 Å². The Kier molecular flexibility index (Phi) is 4.48. The summed E-state index contributed by atoms with van der Waals surface area (Å²) in [6.07, 6.45) is 0. The third kappa shape index (κ3) is 3.39. The molecular weight excluding hydrogens is 399 g/mol. The van der Waals surface area contributed by atoms with Gasteiger partial charge in [-0.25, -0.2) is 4.79 Å². The van der Waals surface area contributed by atoms with Crippen molar-refractivity contribution in [2.24, 2.45) is 0 Å². The molecule has 0 heterocycles. The van der Waals surface area contributed by atoms with Gasteiger partial charge in [-0.15, -0.1) is 0 Å². The number of carbonyl (C=O) groups excluding carboxylic acids is 1. The van der Waals surface area contributed by atoms with Gasteiger partial charge in [-0.1, -0.05) is 22.5 Å². The summed E-state index contributed by atoms with van der Waals surface area (Å²) in [6.45, 7) is 2.85. The van der Waals surface area contributed by atoms with Gasteiger partial charge >= 0.3 is 5.97 Å². The van der Waals surface area contributed by atoms with Gasteiger partial charge < -0.3 is 4.74 Å². The van der Waals surface area contributed by atoms with Gasteiger partial charge in [0.1, 0.15) is 0 Å². The molecule has 0 saturated heterocycles.